The average molecular weight is 124 g/mol. The third-order valence-corrected chi connectivity index (χ3v) is 0.910. The monoisotopic (exact) mass is 124 g/mol. The lowest BCUT2D eigenvalue weighted by molar-refractivity contribution is 0.536. The van der Waals surface area contributed by atoms with Gasteiger partial charge >= 0.3 is 0 Å². The van der Waals surface area contributed by atoms with Gasteiger partial charge < -0.3 is 0 Å². The predicted octanol–water partition coefficient (Wildman–Crippen LogP) is -0.222. The van der Waals surface area contributed by atoms with Crippen molar-refractivity contribution >= 4 is 6.29 Å². The zero-order chi connectivity index (χ0) is 6.53. The van der Waals surface area contributed by atoms with Gasteiger partial charge in [0.1, 0.15) is 12.7 Å². The van der Waals surface area contributed by atoms with Gasteiger partial charge in [-0.1, -0.05) is 0 Å². The Kier molecular flexibility index (Phi) is 1.95. The minimum Gasteiger partial charge on any atom is -0.291 e. The fraction of sp³-hybridized carbons (Fsp3) is 0.400. The first-order chi connectivity index (χ1) is 4.43. The molecule has 0 aliphatic carbocycles. The molecule has 1 heterocycles. The highest BCUT2D eigenvalue weighted by Gasteiger charge is 1.87. The SMILES string of the molecule is O=[C]CCn1cncn1. The van der Waals surface area contributed by atoms with E-state index < -0.39 is 0 Å². The Bertz CT molecular complexity index is 170. The fourth-order valence-electron chi connectivity index (χ4n) is 0.508. The van der Waals surface area contributed by atoms with Crippen molar-refractivity contribution < 1.29 is 4.79 Å². The molecule has 1 radical (unpaired) electrons. The van der Waals surface area contributed by atoms with Crippen LogP contribution in [0.3, 0.4) is 0 Å². The van der Waals surface area contributed by atoms with Gasteiger partial charge in [-0.05, 0) is 0 Å². The second-order valence-electron chi connectivity index (χ2n) is 1.55. The van der Waals surface area contributed by atoms with E-state index in [1.165, 1.54) is 6.33 Å². The van der Waals surface area contributed by atoms with Gasteiger partial charge in [-0.25, -0.2) is 4.98 Å². The van der Waals surface area contributed by atoms with Crippen LogP contribution in [0.2, 0.25) is 0 Å². The second kappa shape index (κ2) is 2.96. The van der Waals surface area contributed by atoms with Crippen molar-refractivity contribution in [3.05, 3.63) is 12.7 Å². The molecule has 0 N–H and O–H groups in total. The summed E-state index contributed by atoms with van der Waals surface area (Å²) in [5, 5.41) is 3.78. The molecule has 4 heteroatoms. The number of hydrogen-bond acceptors (Lipinski definition) is 3. The predicted molar refractivity (Wildman–Crippen MR) is 30.3 cm³/mol. The summed E-state index contributed by atoms with van der Waals surface area (Å²) in [5.74, 6) is 0. The topological polar surface area (TPSA) is 47.8 Å². The van der Waals surface area contributed by atoms with Gasteiger partial charge in [0, 0.05) is 6.42 Å². The van der Waals surface area contributed by atoms with Crippen LogP contribution in [0, 0.1) is 0 Å². The summed E-state index contributed by atoms with van der Waals surface area (Å²) in [5.41, 5.74) is 0. The van der Waals surface area contributed by atoms with Crippen molar-refractivity contribution in [2.75, 3.05) is 0 Å². The minimum absolute atomic E-state index is 0.378. The Labute approximate surface area is 52.5 Å². The van der Waals surface area contributed by atoms with Crippen LogP contribution in [-0.2, 0) is 11.3 Å². The van der Waals surface area contributed by atoms with E-state index in [4.69, 9.17) is 0 Å². The van der Waals surface area contributed by atoms with Gasteiger partial charge in [0.2, 0.25) is 0 Å². The molecule has 0 aliphatic rings. The molecule has 1 aromatic heterocycles. The number of rotatable bonds is 3. The van der Waals surface area contributed by atoms with E-state index in [1.54, 1.807) is 17.3 Å². The van der Waals surface area contributed by atoms with Gasteiger partial charge in [0.15, 0.2) is 6.29 Å². The summed E-state index contributed by atoms with van der Waals surface area (Å²) < 4.78 is 1.59. The van der Waals surface area contributed by atoms with E-state index in [0.717, 1.165) is 0 Å². The molecule has 9 heavy (non-hydrogen) atoms. The zero-order valence-electron chi connectivity index (χ0n) is 4.82. The van der Waals surface area contributed by atoms with Crippen molar-refractivity contribution in [3.63, 3.8) is 0 Å². The lowest BCUT2D eigenvalue weighted by Crippen LogP contribution is -1.97. The van der Waals surface area contributed by atoms with Crippen LogP contribution in [0.15, 0.2) is 12.7 Å². The number of aromatic nitrogens is 3. The van der Waals surface area contributed by atoms with Crippen LogP contribution in [0.1, 0.15) is 6.42 Å². The van der Waals surface area contributed by atoms with Crippen molar-refractivity contribution in [1.29, 1.82) is 0 Å². The molecule has 0 spiro atoms. The molecular formula is C5H6N3O. The average Bonchev–Trinajstić information content (AvgIpc) is 2.34. The molecule has 0 atom stereocenters. The third-order valence-electron chi connectivity index (χ3n) is 0.910. The fourth-order valence-corrected chi connectivity index (χ4v) is 0.508. The minimum atomic E-state index is 0.378. The maximum atomic E-state index is 9.71. The second-order valence-corrected chi connectivity index (χ2v) is 1.55. The summed E-state index contributed by atoms with van der Waals surface area (Å²) in [6.45, 7) is 0.573. The van der Waals surface area contributed by atoms with Gasteiger partial charge in [-0.15, -0.1) is 0 Å². The summed E-state index contributed by atoms with van der Waals surface area (Å²) in [6.07, 6.45) is 5.15. The number of carbonyl (C=O) groups excluding carboxylic acids is 1. The molecule has 0 fully saturated rings. The summed E-state index contributed by atoms with van der Waals surface area (Å²) >= 11 is 0. The standard InChI is InChI=1S/C5H6N3O/c9-3-1-2-8-5-6-4-7-8/h4-5H,1-2H2. The highest BCUT2D eigenvalue weighted by atomic mass is 16.1. The van der Waals surface area contributed by atoms with E-state index in [2.05, 4.69) is 10.1 Å². The van der Waals surface area contributed by atoms with Gasteiger partial charge in [-0.2, -0.15) is 5.10 Å². The first-order valence-electron chi connectivity index (χ1n) is 2.61. The van der Waals surface area contributed by atoms with E-state index in [9.17, 15) is 4.79 Å². The highest BCUT2D eigenvalue weighted by Crippen LogP contribution is 1.81. The van der Waals surface area contributed by atoms with E-state index >= 15 is 0 Å². The van der Waals surface area contributed by atoms with Crippen LogP contribution < -0.4 is 0 Å². The first-order valence-corrected chi connectivity index (χ1v) is 2.61. The van der Waals surface area contributed by atoms with Crippen LogP contribution in [0.4, 0.5) is 0 Å². The Morgan fingerprint density at radius 2 is 2.56 bits per heavy atom. The molecular weight excluding hydrogens is 118 g/mol. The van der Waals surface area contributed by atoms with Gasteiger partial charge in [0.05, 0.1) is 6.54 Å². The van der Waals surface area contributed by atoms with Crippen molar-refractivity contribution in [3.8, 4) is 0 Å². The lowest BCUT2D eigenvalue weighted by Gasteiger charge is -1.90. The van der Waals surface area contributed by atoms with Crippen LogP contribution in [0.5, 0.6) is 0 Å². The maximum absolute atomic E-state index is 9.71. The molecule has 0 saturated heterocycles. The van der Waals surface area contributed by atoms with E-state index in [1.807, 2.05) is 0 Å². The molecule has 1 rings (SSSR count). The highest BCUT2D eigenvalue weighted by molar-refractivity contribution is 5.49. The molecule has 4 nitrogen and oxygen atoms in total. The number of nitrogens with zero attached hydrogens (tertiary/aromatic N) is 3. The van der Waals surface area contributed by atoms with Crippen LogP contribution in [-0.4, -0.2) is 21.1 Å². The Balaban J connectivity index is 2.38. The van der Waals surface area contributed by atoms with Crippen LogP contribution in [0.25, 0.3) is 0 Å². The van der Waals surface area contributed by atoms with Crippen molar-refractivity contribution in [2.45, 2.75) is 13.0 Å². The normalized spacial score (nSPS) is 9.33. The smallest absolute Gasteiger partial charge is 0.200 e. The van der Waals surface area contributed by atoms with Gasteiger partial charge in [0.25, 0.3) is 0 Å². The Hall–Kier alpha value is -1.19. The quantitative estimate of drug-likeness (QED) is 0.559. The summed E-state index contributed by atoms with van der Waals surface area (Å²) in [6, 6.07) is 0. The lowest BCUT2D eigenvalue weighted by atomic mass is 10.5. The molecule has 0 aliphatic heterocycles. The first kappa shape index (κ1) is 5.94. The van der Waals surface area contributed by atoms with Crippen molar-refractivity contribution in [2.24, 2.45) is 0 Å². The Morgan fingerprint density at radius 3 is 3.11 bits per heavy atom. The van der Waals surface area contributed by atoms with E-state index in [-0.39, 0.29) is 0 Å². The summed E-state index contributed by atoms with van der Waals surface area (Å²) in [4.78, 5) is 13.4. The Morgan fingerprint density at radius 1 is 1.67 bits per heavy atom. The third kappa shape index (κ3) is 1.64. The molecule has 0 amide bonds. The van der Waals surface area contributed by atoms with Crippen molar-refractivity contribution in [1.82, 2.24) is 14.8 Å². The van der Waals surface area contributed by atoms with E-state index in [0.29, 0.717) is 13.0 Å². The molecule has 0 saturated carbocycles. The zero-order valence-corrected chi connectivity index (χ0v) is 4.82. The molecule has 0 bridgehead atoms. The molecule has 47 valence electrons. The number of hydrogen-bond donors (Lipinski definition) is 0. The van der Waals surface area contributed by atoms with Crippen LogP contribution >= 0.6 is 0 Å². The largest absolute Gasteiger partial charge is 0.291 e. The molecule has 1 aromatic rings. The molecule has 0 aromatic carbocycles. The molecule has 0 unspecified atom stereocenters. The maximum Gasteiger partial charge on any atom is 0.200 e. The van der Waals surface area contributed by atoms with Gasteiger partial charge in [-0.3, -0.25) is 9.48 Å². The number of aryl methyl sites for hydroxylation is 1. The summed E-state index contributed by atoms with van der Waals surface area (Å²) in [7, 11) is 0.